The van der Waals surface area contributed by atoms with E-state index in [1.165, 1.54) is 16.3 Å². The molecule has 2 rings (SSSR count). The van der Waals surface area contributed by atoms with E-state index in [-0.39, 0.29) is 6.15 Å². The van der Waals surface area contributed by atoms with Crippen molar-refractivity contribution in [3.63, 3.8) is 0 Å². The molecule has 2 heteroatoms. The van der Waals surface area contributed by atoms with Gasteiger partial charge in [0.15, 0.2) is 0 Å². The van der Waals surface area contributed by atoms with Crippen molar-refractivity contribution in [1.82, 2.24) is 6.15 Å². The predicted molar refractivity (Wildman–Crippen MR) is 66.4 cm³/mol. The summed E-state index contributed by atoms with van der Waals surface area (Å²) >= 11 is 0. The predicted octanol–water partition coefficient (Wildman–Crippen LogP) is 3.06. The molecule has 0 aliphatic rings. The van der Waals surface area contributed by atoms with Gasteiger partial charge in [-0.1, -0.05) is 49.4 Å². The fourth-order valence-electron chi connectivity index (χ4n) is 1.81. The van der Waals surface area contributed by atoms with E-state index in [1.807, 2.05) is 0 Å². The summed E-state index contributed by atoms with van der Waals surface area (Å²) in [7, 11) is 0. The first-order valence-corrected chi connectivity index (χ1v) is 5.00. The molecule has 0 heterocycles. The van der Waals surface area contributed by atoms with Crippen LogP contribution in [0.1, 0.15) is 18.4 Å². The summed E-state index contributed by atoms with van der Waals surface area (Å²) < 4.78 is 0. The molecule has 0 aliphatic heterocycles. The van der Waals surface area contributed by atoms with Gasteiger partial charge < -0.3 is 11.9 Å². The minimum atomic E-state index is 0. The normalized spacial score (nSPS) is 12.1. The first-order valence-electron chi connectivity index (χ1n) is 5.00. The Morgan fingerprint density at radius 2 is 1.73 bits per heavy atom. The van der Waals surface area contributed by atoms with E-state index >= 15 is 0 Å². The molecule has 0 spiro atoms. The smallest absolute Gasteiger partial charge is 0.00107 e. The molecule has 2 nitrogen and oxygen atoms in total. The molecular formula is C13H18N2. The maximum atomic E-state index is 5.70. The van der Waals surface area contributed by atoms with Crippen LogP contribution in [0.2, 0.25) is 0 Å². The molecule has 15 heavy (non-hydrogen) atoms. The summed E-state index contributed by atoms with van der Waals surface area (Å²) in [6.07, 6.45) is 0. The average Bonchev–Trinajstić information content (AvgIpc) is 2.27. The van der Waals surface area contributed by atoms with Crippen LogP contribution in [0.15, 0.2) is 42.5 Å². The number of hydrogen-bond donors (Lipinski definition) is 2. The highest BCUT2D eigenvalue weighted by atomic mass is 14.5. The van der Waals surface area contributed by atoms with Crippen LogP contribution in [-0.4, -0.2) is 6.54 Å². The monoisotopic (exact) mass is 202 g/mol. The van der Waals surface area contributed by atoms with E-state index in [0.717, 1.165) is 0 Å². The molecule has 0 radical (unpaired) electrons. The lowest BCUT2D eigenvalue weighted by atomic mass is 9.95. The van der Waals surface area contributed by atoms with Crippen molar-refractivity contribution >= 4 is 10.8 Å². The third kappa shape index (κ3) is 2.17. The van der Waals surface area contributed by atoms with Crippen LogP contribution < -0.4 is 11.9 Å². The number of benzene rings is 2. The molecule has 5 N–H and O–H groups in total. The third-order valence-electron chi connectivity index (χ3n) is 2.71. The van der Waals surface area contributed by atoms with Gasteiger partial charge in [-0.05, 0) is 28.8 Å². The van der Waals surface area contributed by atoms with Crippen LogP contribution in [0.5, 0.6) is 0 Å². The van der Waals surface area contributed by atoms with Gasteiger partial charge in [0.05, 0.1) is 0 Å². The Hall–Kier alpha value is -1.38. The van der Waals surface area contributed by atoms with Gasteiger partial charge in [0, 0.05) is 0 Å². The first kappa shape index (κ1) is 11.7. The molecule has 1 unspecified atom stereocenters. The summed E-state index contributed by atoms with van der Waals surface area (Å²) in [5, 5.41) is 2.62. The zero-order chi connectivity index (χ0) is 9.97. The average molecular weight is 202 g/mol. The number of hydrogen-bond acceptors (Lipinski definition) is 2. The Morgan fingerprint density at radius 1 is 1.07 bits per heavy atom. The van der Waals surface area contributed by atoms with E-state index < -0.39 is 0 Å². The number of rotatable bonds is 2. The highest BCUT2D eigenvalue weighted by Crippen LogP contribution is 2.24. The summed E-state index contributed by atoms with van der Waals surface area (Å²) in [5.41, 5.74) is 7.05. The van der Waals surface area contributed by atoms with Crippen molar-refractivity contribution in [3.8, 4) is 0 Å². The molecule has 0 amide bonds. The van der Waals surface area contributed by atoms with Gasteiger partial charge in [-0.3, -0.25) is 0 Å². The van der Waals surface area contributed by atoms with Crippen molar-refractivity contribution in [2.75, 3.05) is 6.54 Å². The van der Waals surface area contributed by atoms with Gasteiger partial charge in [-0.25, -0.2) is 0 Å². The van der Waals surface area contributed by atoms with Gasteiger partial charge in [0.1, 0.15) is 0 Å². The molecule has 0 aromatic heterocycles. The lowest BCUT2D eigenvalue weighted by Crippen LogP contribution is -2.09. The van der Waals surface area contributed by atoms with E-state index in [2.05, 4.69) is 49.4 Å². The Labute approximate surface area is 90.7 Å². The second-order valence-corrected chi connectivity index (χ2v) is 3.71. The molecular weight excluding hydrogens is 184 g/mol. The molecule has 0 bridgehead atoms. The number of nitrogens with two attached hydrogens (primary N) is 1. The number of fused-ring (bicyclic) bond motifs is 1. The Morgan fingerprint density at radius 3 is 2.47 bits per heavy atom. The minimum absolute atomic E-state index is 0. The van der Waals surface area contributed by atoms with Crippen LogP contribution >= 0.6 is 0 Å². The lowest BCUT2D eigenvalue weighted by Gasteiger charge is -2.11. The summed E-state index contributed by atoms with van der Waals surface area (Å²) in [4.78, 5) is 0. The molecule has 2 aromatic carbocycles. The van der Waals surface area contributed by atoms with E-state index in [9.17, 15) is 0 Å². The second kappa shape index (κ2) is 4.91. The highest BCUT2D eigenvalue weighted by Gasteiger charge is 2.06. The zero-order valence-electron chi connectivity index (χ0n) is 9.11. The van der Waals surface area contributed by atoms with Crippen LogP contribution in [-0.2, 0) is 0 Å². The molecule has 0 saturated heterocycles. The van der Waals surface area contributed by atoms with Crippen molar-refractivity contribution in [2.45, 2.75) is 12.8 Å². The molecule has 1 atom stereocenters. The highest BCUT2D eigenvalue weighted by molar-refractivity contribution is 5.86. The van der Waals surface area contributed by atoms with Gasteiger partial charge in [-0.15, -0.1) is 0 Å². The van der Waals surface area contributed by atoms with Crippen LogP contribution in [0.25, 0.3) is 10.8 Å². The third-order valence-corrected chi connectivity index (χ3v) is 2.71. The van der Waals surface area contributed by atoms with Crippen molar-refractivity contribution in [2.24, 2.45) is 5.73 Å². The van der Waals surface area contributed by atoms with Gasteiger partial charge in [0.2, 0.25) is 0 Å². The Balaban J connectivity index is 0.00000112. The summed E-state index contributed by atoms with van der Waals surface area (Å²) in [6.45, 7) is 2.87. The second-order valence-electron chi connectivity index (χ2n) is 3.71. The van der Waals surface area contributed by atoms with Crippen molar-refractivity contribution < 1.29 is 0 Å². The van der Waals surface area contributed by atoms with E-state index in [0.29, 0.717) is 12.5 Å². The van der Waals surface area contributed by atoms with Crippen LogP contribution in [0.3, 0.4) is 0 Å². The van der Waals surface area contributed by atoms with E-state index in [4.69, 9.17) is 5.73 Å². The quantitative estimate of drug-likeness (QED) is 0.786. The lowest BCUT2D eigenvalue weighted by molar-refractivity contribution is 0.781. The summed E-state index contributed by atoms with van der Waals surface area (Å²) in [5.74, 6) is 0.432. The minimum Gasteiger partial charge on any atom is -0.344 e. The van der Waals surface area contributed by atoms with Gasteiger partial charge in [0.25, 0.3) is 0 Å². The van der Waals surface area contributed by atoms with Crippen LogP contribution in [0.4, 0.5) is 0 Å². The maximum Gasteiger partial charge on any atom is -0.00107 e. The zero-order valence-corrected chi connectivity index (χ0v) is 9.11. The molecule has 2 aromatic rings. The van der Waals surface area contributed by atoms with Crippen molar-refractivity contribution in [1.29, 1.82) is 0 Å². The first-order chi connectivity index (χ1) is 6.83. The standard InChI is InChI=1S/C13H15N.H3N/c1-10(9-14)12-8-4-6-11-5-2-3-7-13(11)12;/h2-8,10H,9,14H2,1H3;1H3. The summed E-state index contributed by atoms with van der Waals surface area (Å²) in [6, 6.07) is 14.9. The molecule has 0 aliphatic carbocycles. The SMILES string of the molecule is CC(CN)c1cccc2ccccc12.N. The van der Waals surface area contributed by atoms with Crippen LogP contribution in [0, 0.1) is 0 Å². The fraction of sp³-hybridized carbons (Fsp3) is 0.231. The molecule has 0 fully saturated rings. The van der Waals surface area contributed by atoms with Gasteiger partial charge in [-0.2, -0.15) is 0 Å². The van der Waals surface area contributed by atoms with Crippen molar-refractivity contribution in [3.05, 3.63) is 48.0 Å². The van der Waals surface area contributed by atoms with Gasteiger partial charge >= 0.3 is 0 Å². The fourth-order valence-corrected chi connectivity index (χ4v) is 1.81. The Kier molecular flexibility index (Phi) is 3.83. The Bertz CT molecular complexity index is 432. The molecule has 80 valence electrons. The maximum absolute atomic E-state index is 5.70. The topological polar surface area (TPSA) is 61.0 Å². The van der Waals surface area contributed by atoms with E-state index in [1.54, 1.807) is 0 Å². The molecule has 0 saturated carbocycles. The largest absolute Gasteiger partial charge is 0.344 e.